The van der Waals surface area contributed by atoms with Crippen molar-refractivity contribution in [3.05, 3.63) is 55.2 Å². The van der Waals surface area contributed by atoms with Gasteiger partial charge in [0, 0.05) is 29.4 Å². The molecule has 1 unspecified atom stereocenters. The minimum Gasteiger partial charge on any atom is -0.443 e. The highest BCUT2D eigenvalue weighted by molar-refractivity contribution is 5.83. The fourth-order valence-electron chi connectivity index (χ4n) is 3.82. The summed E-state index contributed by atoms with van der Waals surface area (Å²) in [6.07, 6.45) is 9.81. The van der Waals surface area contributed by atoms with Crippen LogP contribution in [0.2, 0.25) is 0 Å². The van der Waals surface area contributed by atoms with Crippen molar-refractivity contribution < 1.29 is 13.6 Å². The van der Waals surface area contributed by atoms with E-state index in [2.05, 4.69) is 30.6 Å². The zero-order chi connectivity index (χ0) is 21.3. The van der Waals surface area contributed by atoms with Crippen LogP contribution < -0.4 is 5.32 Å². The SMILES string of the molecule is c1cc(-c2nnc(Nc3ccc4c(cnn4C4CCCCO4)c3)o2)cc(-c2ncco2)n1. The Bertz CT molecular complexity index is 1350. The molecular formula is C22H19N7O3. The van der Waals surface area contributed by atoms with Gasteiger partial charge in [-0.15, -0.1) is 5.10 Å². The van der Waals surface area contributed by atoms with E-state index in [1.807, 2.05) is 29.1 Å². The van der Waals surface area contributed by atoms with Crippen molar-refractivity contribution in [3.63, 3.8) is 0 Å². The summed E-state index contributed by atoms with van der Waals surface area (Å²) in [5.74, 6) is 0.795. The topological polar surface area (TPSA) is 117 Å². The Morgan fingerprint density at radius 2 is 2.00 bits per heavy atom. The van der Waals surface area contributed by atoms with Crippen molar-refractivity contribution in [2.45, 2.75) is 25.5 Å². The van der Waals surface area contributed by atoms with Crippen LogP contribution in [0.3, 0.4) is 0 Å². The van der Waals surface area contributed by atoms with Crippen LogP contribution in [0.1, 0.15) is 25.5 Å². The van der Waals surface area contributed by atoms with E-state index in [1.165, 1.54) is 6.26 Å². The normalized spacial score (nSPS) is 16.4. The zero-order valence-corrected chi connectivity index (χ0v) is 17.0. The second kappa shape index (κ2) is 7.89. The van der Waals surface area contributed by atoms with E-state index in [-0.39, 0.29) is 12.2 Å². The lowest BCUT2D eigenvalue weighted by molar-refractivity contribution is -0.0366. The predicted molar refractivity (Wildman–Crippen MR) is 115 cm³/mol. The molecule has 0 radical (unpaired) electrons. The first-order chi connectivity index (χ1) is 15.8. The van der Waals surface area contributed by atoms with E-state index in [0.29, 0.717) is 17.5 Å². The van der Waals surface area contributed by atoms with E-state index in [1.54, 1.807) is 24.5 Å². The van der Waals surface area contributed by atoms with Gasteiger partial charge >= 0.3 is 6.01 Å². The van der Waals surface area contributed by atoms with Crippen molar-refractivity contribution in [3.8, 4) is 23.0 Å². The first kappa shape index (κ1) is 18.7. The van der Waals surface area contributed by atoms with Crippen LogP contribution >= 0.6 is 0 Å². The summed E-state index contributed by atoms with van der Waals surface area (Å²) < 4.78 is 18.9. The molecule has 1 saturated heterocycles. The summed E-state index contributed by atoms with van der Waals surface area (Å²) in [6.45, 7) is 0.780. The summed E-state index contributed by atoms with van der Waals surface area (Å²) in [6, 6.07) is 9.84. The van der Waals surface area contributed by atoms with Gasteiger partial charge in [-0.25, -0.2) is 9.67 Å². The summed E-state index contributed by atoms with van der Waals surface area (Å²) in [5, 5.41) is 17.0. The average molecular weight is 429 g/mol. The number of nitrogens with one attached hydrogen (secondary N) is 1. The smallest absolute Gasteiger partial charge is 0.320 e. The minimum absolute atomic E-state index is 0.000174. The predicted octanol–water partition coefficient (Wildman–Crippen LogP) is 4.58. The number of nitrogens with zero attached hydrogens (tertiary/aromatic N) is 6. The molecule has 6 rings (SSSR count). The summed E-state index contributed by atoms with van der Waals surface area (Å²) in [7, 11) is 0. The van der Waals surface area contributed by atoms with Crippen LogP contribution in [0.5, 0.6) is 0 Å². The number of oxazole rings is 1. The lowest BCUT2D eigenvalue weighted by Crippen LogP contribution is -2.18. The third-order valence-electron chi connectivity index (χ3n) is 5.36. The number of pyridine rings is 1. The van der Waals surface area contributed by atoms with E-state index in [9.17, 15) is 0 Å². The maximum absolute atomic E-state index is 5.87. The van der Waals surface area contributed by atoms with Crippen molar-refractivity contribution in [1.82, 2.24) is 29.9 Å². The molecule has 1 aliphatic rings. The zero-order valence-electron chi connectivity index (χ0n) is 17.0. The molecule has 4 aromatic heterocycles. The monoisotopic (exact) mass is 429 g/mol. The van der Waals surface area contributed by atoms with Crippen LogP contribution in [0.25, 0.3) is 33.9 Å². The van der Waals surface area contributed by atoms with Gasteiger partial charge in [0.2, 0.25) is 11.8 Å². The lowest BCUT2D eigenvalue weighted by Gasteiger charge is -2.23. The summed E-state index contributed by atoms with van der Waals surface area (Å²) in [5.41, 5.74) is 3.17. The molecule has 1 fully saturated rings. The van der Waals surface area contributed by atoms with Crippen LogP contribution in [-0.4, -0.2) is 36.6 Å². The third-order valence-corrected chi connectivity index (χ3v) is 5.36. The third kappa shape index (κ3) is 3.50. The number of rotatable bonds is 5. The first-order valence-corrected chi connectivity index (χ1v) is 10.4. The molecule has 5 heterocycles. The molecule has 1 N–H and O–H groups in total. The molecule has 5 aromatic rings. The van der Waals surface area contributed by atoms with Gasteiger partial charge in [-0.05, 0) is 49.6 Å². The number of fused-ring (bicyclic) bond motifs is 1. The molecule has 32 heavy (non-hydrogen) atoms. The highest BCUT2D eigenvalue weighted by atomic mass is 16.5. The molecule has 1 aromatic carbocycles. The molecule has 10 nitrogen and oxygen atoms in total. The number of hydrogen-bond donors (Lipinski definition) is 1. The molecule has 1 atom stereocenters. The van der Waals surface area contributed by atoms with Gasteiger partial charge in [-0.3, -0.25) is 4.98 Å². The van der Waals surface area contributed by atoms with Crippen LogP contribution in [0, 0.1) is 0 Å². The average Bonchev–Trinajstić information content (AvgIpc) is 3.61. The number of ether oxygens (including phenoxy) is 1. The number of anilines is 2. The maximum Gasteiger partial charge on any atom is 0.320 e. The Labute approximate surface area is 182 Å². The Morgan fingerprint density at radius 3 is 2.88 bits per heavy atom. The van der Waals surface area contributed by atoms with Crippen molar-refractivity contribution in [2.75, 3.05) is 11.9 Å². The Kier molecular flexibility index (Phi) is 4.61. The Balaban J connectivity index is 1.22. The molecule has 0 saturated carbocycles. The van der Waals surface area contributed by atoms with Crippen molar-refractivity contribution >= 4 is 22.6 Å². The lowest BCUT2D eigenvalue weighted by atomic mass is 10.2. The molecule has 0 spiro atoms. The highest BCUT2D eigenvalue weighted by Gasteiger charge is 2.19. The first-order valence-electron chi connectivity index (χ1n) is 10.4. The van der Waals surface area contributed by atoms with Crippen molar-refractivity contribution in [1.29, 1.82) is 0 Å². The molecule has 10 heteroatoms. The largest absolute Gasteiger partial charge is 0.443 e. The van der Waals surface area contributed by atoms with Gasteiger partial charge in [0.1, 0.15) is 12.0 Å². The quantitative estimate of drug-likeness (QED) is 0.428. The van der Waals surface area contributed by atoms with E-state index in [4.69, 9.17) is 13.6 Å². The summed E-state index contributed by atoms with van der Waals surface area (Å²) in [4.78, 5) is 8.38. The number of hydrogen-bond acceptors (Lipinski definition) is 9. The van der Waals surface area contributed by atoms with Gasteiger partial charge in [0.25, 0.3) is 0 Å². The number of benzene rings is 1. The van der Waals surface area contributed by atoms with Crippen LogP contribution in [-0.2, 0) is 4.74 Å². The fourth-order valence-corrected chi connectivity index (χ4v) is 3.82. The fraction of sp³-hybridized carbons (Fsp3) is 0.227. The van der Waals surface area contributed by atoms with Crippen LogP contribution in [0.4, 0.5) is 11.7 Å². The van der Waals surface area contributed by atoms with E-state index < -0.39 is 0 Å². The van der Waals surface area contributed by atoms with Gasteiger partial charge < -0.3 is 18.9 Å². The standard InChI is InChI=1S/C22H19N7O3/c1-2-9-30-19(3-1)29-18-5-4-16(11-15(18)13-25-29)26-22-28-27-20(32-22)14-6-7-23-17(12-14)21-24-8-10-31-21/h4-8,10-13,19H,1-3,9H2,(H,26,28). The molecule has 160 valence electrons. The van der Waals surface area contributed by atoms with E-state index >= 15 is 0 Å². The molecule has 0 bridgehead atoms. The van der Waals surface area contributed by atoms with Gasteiger partial charge in [0.05, 0.1) is 17.9 Å². The van der Waals surface area contributed by atoms with Gasteiger partial charge in [0.15, 0.2) is 6.23 Å². The second-order valence-corrected chi connectivity index (χ2v) is 7.49. The highest BCUT2D eigenvalue weighted by Crippen LogP contribution is 2.29. The molecular weight excluding hydrogens is 410 g/mol. The van der Waals surface area contributed by atoms with Gasteiger partial charge in [-0.2, -0.15) is 5.10 Å². The Hall–Kier alpha value is -4.05. The minimum atomic E-state index is 0.000174. The summed E-state index contributed by atoms with van der Waals surface area (Å²) >= 11 is 0. The van der Waals surface area contributed by atoms with E-state index in [0.717, 1.165) is 48.0 Å². The number of aromatic nitrogens is 6. The Morgan fingerprint density at radius 1 is 1.00 bits per heavy atom. The molecule has 0 amide bonds. The molecule has 0 aliphatic carbocycles. The van der Waals surface area contributed by atoms with Crippen molar-refractivity contribution in [2.24, 2.45) is 0 Å². The van der Waals surface area contributed by atoms with Gasteiger partial charge in [-0.1, -0.05) is 5.10 Å². The van der Waals surface area contributed by atoms with Crippen LogP contribution in [0.15, 0.2) is 64.0 Å². The maximum atomic E-state index is 5.87. The molecule has 1 aliphatic heterocycles. The second-order valence-electron chi connectivity index (χ2n) is 7.49.